The van der Waals surface area contributed by atoms with E-state index in [-0.39, 0.29) is 6.04 Å². The van der Waals surface area contributed by atoms with Crippen LogP contribution >= 0.6 is 0 Å². The molecule has 1 aromatic rings. The fraction of sp³-hybridized carbons (Fsp3) is 0.125. The second-order valence-electron chi connectivity index (χ2n) is 2.28. The molecule has 0 aliphatic heterocycles. The highest BCUT2D eigenvalue weighted by Crippen LogP contribution is 2.10. The Morgan fingerprint density at radius 1 is 1.64 bits per heavy atom. The number of anilines is 1. The molecule has 0 aliphatic rings. The summed E-state index contributed by atoms with van der Waals surface area (Å²) in [5, 5.41) is 0. The first-order valence-corrected chi connectivity index (χ1v) is 3.33. The van der Waals surface area contributed by atoms with Crippen LogP contribution in [0.1, 0.15) is 11.7 Å². The predicted molar refractivity (Wildman–Crippen MR) is 45.8 cm³/mol. The lowest BCUT2D eigenvalue weighted by molar-refractivity contribution is 0.865. The van der Waals surface area contributed by atoms with E-state index in [0.717, 1.165) is 5.69 Å². The van der Waals surface area contributed by atoms with Gasteiger partial charge in [-0.25, -0.2) is 0 Å². The average molecular weight is 149 g/mol. The molecular formula is C8H11N3. The van der Waals surface area contributed by atoms with Crippen LogP contribution in [0, 0.1) is 0 Å². The summed E-state index contributed by atoms with van der Waals surface area (Å²) in [4.78, 5) is 4.03. The van der Waals surface area contributed by atoms with Gasteiger partial charge in [0.05, 0.1) is 11.7 Å². The van der Waals surface area contributed by atoms with Crippen molar-refractivity contribution in [2.75, 3.05) is 5.73 Å². The lowest BCUT2D eigenvalue weighted by Gasteiger charge is -2.04. The molecule has 11 heavy (non-hydrogen) atoms. The lowest BCUT2D eigenvalue weighted by Crippen LogP contribution is -2.08. The Morgan fingerprint density at radius 2 is 2.36 bits per heavy atom. The van der Waals surface area contributed by atoms with Gasteiger partial charge in [0.1, 0.15) is 0 Å². The van der Waals surface area contributed by atoms with Gasteiger partial charge in [-0.05, 0) is 12.1 Å². The summed E-state index contributed by atoms with van der Waals surface area (Å²) < 4.78 is 0. The number of nitrogens with two attached hydrogens (primary N) is 2. The maximum Gasteiger partial charge on any atom is 0.0654 e. The van der Waals surface area contributed by atoms with Crippen LogP contribution in [-0.4, -0.2) is 4.98 Å². The van der Waals surface area contributed by atoms with Crippen LogP contribution < -0.4 is 11.5 Å². The molecule has 1 heterocycles. The van der Waals surface area contributed by atoms with Gasteiger partial charge in [0.25, 0.3) is 0 Å². The smallest absolute Gasteiger partial charge is 0.0654 e. The van der Waals surface area contributed by atoms with Crippen molar-refractivity contribution in [3.8, 4) is 0 Å². The van der Waals surface area contributed by atoms with E-state index in [9.17, 15) is 0 Å². The van der Waals surface area contributed by atoms with E-state index in [2.05, 4.69) is 11.6 Å². The molecular weight excluding hydrogens is 138 g/mol. The van der Waals surface area contributed by atoms with Gasteiger partial charge in [-0.3, -0.25) is 4.98 Å². The van der Waals surface area contributed by atoms with E-state index in [1.165, 1.54) is 0 Å². The lowest BCUT2D eigenvalue weighted by atomic mass is 10.2. The van der Waals surface area contributed by atoms with Crippen LogP contribution in [0.3, 0.4) is 0 Å². The van der Waals surface area contributed by atoms with Crippen molar-refractivity contribution in [3.05, 3.63) is 36.7 Å². The maximum atomic E-state index is 5.63. The Balaban J connectivity index is 2.95. The fourth-order valence-corrected chi connectivity index (χ4v) is 0.769. The Morgan fingerprint density at radius 3 is 2.91 bits per heavy atom. The number of rotatable bonds is 2. The van der Waals surface area contributed by atoms with Crippen molar-refractivity contribution < 1.29 is 0 Å². The van der Waals surface area contributed by atoms with Crippen molar-refractivity contribution in [1.29, 1.82) is 0 Å². The number of nitrogens with zero attached hydrogens (tertiary/aromatic N) is 1. The Labute approximate surface area is 65.7 Å². The molecule has 0 fully saturated rings. The molecule has 0 unspecified atom stereocenters. The molecule has 0 bridgehead atoms. The average Bonchev–Trinajstić information content (AvgIpc) is 2.03. The van der Waals surface area contributed by atoms with Gasteiger partial charge in [0.2, 0.25) is 0 Å². The molecule has 0 saturated carbocycles. The molecule has 1 aromatic heterocycles. The first kappa shape index (κ1) is 7.75. The summed E-state index contributed by atoms with van der Waals surface area (Å²) in [5.41, 5.74) is 12.6. The highest BCUT2D eigenvalue weighted by molar-refractivity contribution is 5.38. The van der Waals surface area contributed by atoms with Crippen LogP contribution in [-0.2, 0) is 0 Å². The summed E-state index contributed by atoms with van der Waals surface area (Å²) in [6.45, 7) is 3.56. The zero-order valence-electron chi connectivity index (χ0n) is 6.20. The van der Waals surface area contributed by atoms with Crippen molar-refractivity contribution in [2.24, 2.45) is 5.73 Å². The largest absolute Gasteiger partial charge is 0.399 e. The third kappa shape index (κ3) is 1.78. The third-order valence-corrected chi connectivity index (χ3v) is 1.40. The zero-order chi connectivity index (χ0) is 8.27. The van der Waals surface area contributed by atoms with Gasteiger partial charge in [-0.2, -0.15) is 0 Å². The van der Waals surface area contributed by atoms with E-state index in [1.807, 2.05) is 0 Å². The van der Waals surface area contributed by atoms with Crippen LogP contribution in [0.4, 0.5) is 5.69 Å². The van der Waals surface area contributed by atoms with Crippen molar-refractivity contribution in [2.45, 2.75) is 6.04 Å². The normalized spacial score (nSPS) is 12.5. The highest BCUT2D eigenvalue weighted by Gasteiger charge is 2.01. The van der Waals surface area contributed by atoms with E-state index in [4.69, 9.17) is 11.5 Å². The molecule has 4 N–H and O–H groups in total. The number of pyridine rings is 1. The third-order valence-electron chi connectivity index (χ3n) is 1.40. The molecule has 1 atom stereocenters. The van der Waals surface area contributed by atoms with Crippen LogP contribution in [0.15, 0.2) is 31.0 Å². The Bertz CT molecular complexity index is 257. The maximum absolute atomic E-state index is 5.63. The second-order valence-corrected chi connectivity index (χ2v) is 2.28. The Kier molecular flexibility index (Phi) is 2.23. The molecule has 3 nitrogen and oxygen atoms in total. The van der Waals surface area contributed by atoms with E-state index < -0.39 is 0 Å². The van der Waals surface area contributed by atoms with Gasteiger partial charge in [-0.1, -0.05) is 6.08 Å². The molecule has 3 heteroatoms. The molecule has 0 saturated heterocycles. The number of aromatic nitrogens is 1. The van der Waals surface area contributed by atoms with E-state index in [0.29, 0.717) is 5.69 Å². The predicted octanol–water partition coefficient (Wildman–Crippen LogP) is 0.850. The quantitative estimate of drug-likeness (QED) is 0.612. The van der Waals surface area contributed by atoms with E-state index >= 15 is 0 Å². The molecule has 0 aromatic carbocycles. The molecule has 0 spiro atoms. The van der Waals surface area contributed by atoms with Crippen molar-refractivity contribution in [1.82, 2.24) is 4.98 Å². The summed E-state index contributed by atoms with van der Waals surface area (Å²) >= 11 is 0. The topological polar surface area (TPSA) is 64.9 Å². The van der Waals surface area contributed by atoms with Gasteiger partial charge < -0.3 is 11.5 Å². The SMILES string of the molecule is C=C[C@@H](N)c1cc(N)ccn1. The second kappa shape index (κ2) is 3.16. The molecule has 1 rings (SSSR count). The number of hydrogen-bond donors (Lipinski definition) is 2. The summed E-state index contributed by atoms with van der Waals surface area (Å²) in [6, 6.07) is 3.24. The summed E-state index contributed by atoms with van der Waals surface area (Å²) in [5.74, 6) is 0. The Hall–Kier alpha value is -1.35. The van der Waals surface area contributed by atoms with Crippen LogP contribution in [0.2, 0.25) is 0 Å². The van der Waals surface area contributed by atoms with Gasteiger partial charge in [0, 0.05) is 11.9 Å². The summed E-state index contributed by atoms with van der Waals surface area (Å²) in [7, 11) is 0. The molecule has 0 amide bonds. The minimum atomic E-state index is -0.224. The first-order valence-electron chi connectivity index (χ1n) is 3.33. The van der Waals surface area contributed by atoms with Gasteiger partial charge in [0.15, 0.2) is 0 Å². The summed E-state index contributed by atoms with van der Waals surface area (Å²) in [6.07, 6.45) is 3.26. The monoisotopic (exact) mass is 149 g/mol. The number of nitrogen functional groups attached to an aromatic ring is 1. The van der Waals surface area contributed by atoms with Crippen LogP contribution in [0.5, 0.6) is 0 Å². The minimum absolute atomic E-state index is 0.224. The van der Waals surface area contributed by atoms with Gasteiger partial charge in [-0.15, -0.1) is 6.58 Å². The minimum Gasteiger partial charge on any atom is -0.399 e. The molecule has 0 radical (unpaired) electrons. The highest BCUT2D eigenvalue weighted by atomic mass is 14.8. The molecule has 58 valence electrons. The van der Waals surface area contributed by atoms with E-state index in [1.54, 1.807) is 24.4 Å². The standard InChI is InChI=1S/C8H11N3/c1-2-7(10)8-5-6(9)3-4-11-8/h2-5,7H,1,10H2,(H2,9,11)/t7-/m1/s1. The zero-order valence-corrected chi connectivity index (χ0v) is 6.20. The number of hydrogen-bond acceptors (Lipinski definition) is 3. The first-order chi connectivity index (χ1) is 5.24. The van der Waals surface area contributed by atoms with Crippen molar-refractivity contribution in [3.63, 3.8) is 0 Å². The van der Waals surface area contributed by atoms with Crippen LogP contribution in [0.25, 0.3) is 0 Å². The fourth-order valence-electron chi connectivity index (χ4n) is 0.769. The van der Waals surface area contributed by atoms with Gasteiger partial charge >= 0.3 is 0 Å². The van der Waals surface area contributed by atoms with Crippen molar-refractivity contribution >= 4 is 5.69 Å². The molecule has 0 aliphatic carbocycles.